The van der Waals surface area contributed by atoms with Crippen LogP contribution in [0.3, 0.4) is 0 Å². The van der Waals surface area contributed by atoms with Crippen molar-refractivity contribution < 1.29 is 9.84 Å². The van der Waals surface area contributed by atoms with Gasteiger partial charge in [-0.1, -0.05) is 15.9 Å². The van der Waals surface area contributed by atoms with Gasteiger partial charge in [0.25, 0.3) is 0 Å². The molecule has 21 heavy (non-hydrogen) atoms. The Morgan fingerprint density at radius 3 is 2.57 bits per heavy atom. The molecule has 0 atom stereocenters. The number of hydrogen-bond donors (Lipinski definition) is 3. The molecule has 0 aliphatic carbocycles. The van der Waals surface area contributed by atoms with Gasteiger partial charge >= 0.3 is 0 Å². The van der Waals surface area contributed by atoms with E-state index >= 15 is 0 Å². The minimum atomic E-state index is 0.00363. The number of aromatic nitrogens is 1. The molecular weight excluding hydrogens is 332 g/mol. The van der Waals surface area contributed by atoms with Crippen LogP contribution >= 0.6 is 15.9 Å². The Kier molecular flexibility index (Phi) is 3.43. The number of benzene rings is 2. The van der Waals surface area contributed by atoms with E-state index in [1.165, 1.54) is 0 Å². The van der Waals surface area contributed by atoms with Crippen LogP contribution in [0.15, 0.2) is 46.9 Å². The number of fused-ring (bicyclic) bond motifs is 1. The molecule has 0 fully saturated rings. The molecule has 3 N–H and O–H groups in total. The van der Waals surface area contributed by atoms with Crippen molar-refractivity contribution in [2.24, 2.45) is 0 Å². The van der Waals surface area contributed by atoms with Crippen molar-refractivity contribution in [2.75, 3.05) is 7.11 Å². The zero-order valence-electron chi connectivity index (χ0n) is 11.3. The largest absolute Gasteiger partial charge is 0.497 e. The molecule has 1 heterocycles. The Morgan fingerprint density at radius 2 is 1.90 bits per heavy atom. The van der Waals surface area contributed by atoms with E-state index < -0.39 is 0 Å². The van der Waals surface area contributed by atoms with E-state index in [9.17, 15) is 5.11 Å². The van der Waals surface area contributed by atoms with Gasteiger partial charge in [-0.15, -0.1) is 0 Å². The summed E-state index contributed by atoms with van der Waals surface area (Å²) in [5, 5.41) is 19.3. The normalized spacial score (nSPS) is 10.8. The van der Waals surface area contributed by atoms with E-state index in [1.807, 2.05) is 18.2 Å². The molecule has 0 radical (unpaired) electrons. The fraction of sp³-hybridized carbons (Fsp3) is 0.0625. The topological polar surface area (TPSA) is 69.1 Å². The molecule has 4 nitrogen and oxygen atoms in total. The van der Waals surface area contributed by atoms with Crippen LogP contribution in [0.2, 0.25) is 0 Å². The summed E-state index contributed by atoms with van der Waals surface area (Å²) in [6.45, 7) is 0. The average molecular weight is 345 g/mol. The Balaban J connectivity index is 2.12. The third-order valence-electron chi connectivity index (χ3n) is 3.37. The zero-order valence-corrected chi connectivity index (χ0v) is 12.9. The molecule has 2 aromatic carbocycles. The van der Waals surface area contributed by atoms with Gasteiger partial charge in [0, 0.05) is 20.9 Å². The Bertz CT molecular complexity index is 822. The molecule has 5 heteroatoms. The highest BCUT2D eigenvalue weighted by Crippen LogP contribution is 2.31. The third-order valence-corrected chi connectivity index (χ3v) is 3.86. The van der Waals surface area contributed by atoms with Crippen molar-refractivity contribution in [2.45, 2.75) is 0 Å². The first-order valence-corrected chi connectivity index (χ1v) is 7.13. The number of nitrogens with one attached hydrogen (secondary N) is 2. The summed E-state index contributed by atoms with van der Waals surface area (Å²) in [6.07, 6.45) is 0. The number of aromatic amines is 1. The zero-order chi connectivity index (χ0) is 15.0. The predicted octanol–water partition coefficient (Wildman–Crippen LogP) is 4.06. The number of H-pyrrole nitrogens is 1. The van der Waals surface area contributed by atoms with Gasteiger partial charge in [-0.3, -0.25) is 5.41 Å². The standard InChI is InChI=1S/C16H13BrN2O2/c1-21-11-5-2-9(3-6-11)15(18)14-12-8-10(17)4-7-13(12)19-16(14)20/h2-8,18-20H,1H3. The van der Waals surface area contributed by atoms with E-state index in [4.69, 9.17) is 10.1 Å². The quantitative estimate of drug-likeness (QED) is 0.627. The van der Waals surface area contributed by atoms with E-state index in [1.54, 1.807) is 31.4 Å². The number of methoxy groups -OCH3 is 1. The van der Waals surface area contributed by atoms with E-state index in [2.05, 4.69) is 20.9 Å². The van der Waals surface area contributed by atoms with Gasteiger partial charge in [0.2, 0.25) is 0 Å². The maximum Gasteiger partial charge on any atom is 0.199 e. The van der Waals surface area contributed by atoms with Gasteiger partial charge in [0.15, 0.2) is 5.88 Å². The Morgan fingerprint density at radius 1 is 1.19 bits per heavy atom. The Hall–Kier alpha value is -2.27. The van der Waals surface area contributed by atoms with Crippen LogP contribution in [0, 0.1) is 5.41 Å². The minimum Gasteiger partial charge on any atom is -0.497 e. The van der Waals surface area contributed by atoms with E-state index in [0.29, 0.717) is 11.1 Å². The SMILES string of the molecule is COc1ccc(C(=N)c2c(O)[nH]c3ccc(Br)cc23)cc1. The highest BCUT2D eigenvalue weighted by atomic mass is 79.9. The lowest BCUT2D eigenvalue weighted by atomic mass is 10.0. The number of aromatic hydroxyl groups is 1. The van der Waals surface area contributed by atoms with Crippen molar-refractivity contribution in [3.05, 3.63) is 58.1 Å². The molecule has 106 valence electrons. The molecule has 0 bridgehead atoms. The lowest BCUT2D eigenvalue weighted by molar-refractivity contribution is 0.415. The van der Waals surface area contributed by atoms with Crippen molar-refractivity contribution in [3.8, 4) is 11.6 Å². The van der Waals surface area contributed by atoms with Gasteiger partial charge in [0.05, 0.1) is 18.4 Å². The Labute approximate surface area is 130 Å². The summed E-state index contributed by atoms with van der Waals surface area (Å²) < 4.78 is 6.02. The first-order valence-electron chi connectivity index (χ1n) is 6.33. The third kappa shape index (κ3) is 2.40. The summed E-state index contributed by atoms with van der Waals surface area (Å²) in [6, 6.07) is 12.8. The van der Waals surface area contributed by atoms with E-state index in [0.717, 1.165) is 21.1 Å². The van der Waals surface area contributed by atoms with Crippen LogP contribution < -0.4 is 4.74 Å². The average Bonchev–Trinajstić information content (AvgIpc) is 2.82. The van der Waals surface area contributed by atoms with Gasteiger partial charge in [-0.05, 0) is 42.5 Å². The number of halogens is 1. The maximum atomic E-state index is 10.1. The fourth-order valence-electron chi connectivity index (χ4n) is 2.31. The molecule has 0 saturated carbocycles. The van der Waals surface area contributed by atoms with Gasteiger partial charge in [0.1, 0.15) is 5.75 Å². The molecule has 0 unspecified atom stereocenters. The second-order valence-electron chi connectivity index (χ2n) is 4.64. The summed E-state index contributed by atoms with van der Waals surface area (Å²) >= 11 is 3.42. The minimum absolute atomic E-state index is 0.00363. The lowest BCUT2D eigenvalue weighted by Gasteiger charge is -2.05. The highest BCUT2D eigenvalue weighted by Gasteiger charge is 2.17. The smallest absolute Gasteiger partial charge is 0.199 e. The molecule has 0 aliphatic heterocycles. The highest BCUT2D eigenvalue weighted by molar-refractivity contribution is 9.10. The molecular formula is C16H13BrN2O2. The molecule has 3 rings (SSSR count). The van der Waals surface area contributed by atoms with Crippen molar-refractivity contribution >= 4 is 32.5 Å². The monoisotopic (exact) mass is 344 g/mol. The number of hydrogen-bond acceptors (Lipinski definition) is 3. The van der Waals surface area contributed by atoms with Crippen LogP contribution in [-0.4, -0.2) is 22.9 Å². The van der Waals surface area contributed by atoms with Crippen LogP contribution in [0.25, 0.3) is 10.9 Å². The summed E-state index contributed by atoms with van der Waals surface area (Å²) in [7, 11) is 1.60. The number of rotatable bonds is 3. The predicted molar refractivity (Wildman–Crippen MR) is 86.6 cm³/mol. The van der Waals surface area contributed by atoms with Crippen LogP contribution in [0.5, 0.6) is 11.6 Å². The molecule has 3 aromatic rings. The van der Waals surface area contributed by atoms with E-state index in [-0.39, 0.29) is 11.6 Å². The lowest BCUT2D eigenvalue weighted by Crippen LogP contribution is -2.01. The first-order chi connectivity index (χ1) is 10.1. The van der Waals surface area contributed by atoms with Gasteiger partial charge in [-0.2, -0.15) is 0 Å². The maximum absolute atomic E-state index is 10.1. The molecule has 0 spiro atoms. The van der Waals surface area contributed by atoms with Crippen LogP contribution in [0.1, 0.15) is 11.1 Å². The summed E-state index contributed by atoms with van der Waals surface area (Å²) in [4.78, 5) is 2.90. The molecule has 0 saturated heterocycles. The number of ether oxygens (including phenoxy) is 1. The van der Waals surface area contributed by atoms with Crippen molar-refractivity contribution in [1.82, 2.24) is 4.98 Å². The second-order valence-corrected chi connectivity index (χ2v) is 5.56. The molecule has 0 amide bonds. The van der Waals surface area contributed by atoms with Crippen LogP contribution in [-0.2, 0) is 0 Å². The fourth-order valence-corrected chi connectivity index (χ4v) is 2.67. The molecule has 0 aliphatic rings. The molecule has 1 aromatic heterocycles. The summed E-state index contributed by atoms with van der Waals surface area (Å²) in [5.74, 6) is 0.737. The van der Waals surface area contributed by atoms with Gasteiger partial charge < -0.3 is 14.8 Å². The first kappa shape index (κ1) is 13.7. The van der Waals surface area contributed by atoms with Crippen molar-refractivity contribution in [1.29, 1.82) is 5.41 Å². The van der Waals surface area contributed by atoms with Crippen LogP contribution in [0.4, 0.5) is 0 Å². The second kappa shape index (κ2) is 5.26. The van der Waals surface area contributed by atoms with Gasteiger partial charge in [-0.25, -0.2) is 0 Å². The van der Waals surface area contributed by atoms with Crippen molar-refractivity contribution in [3.63, 3.8) is 0 Å². The summed E-state index contributed by atoms with van der Waals surface area (Å²) in [5.41, 5.74) is 2.27.